The summed E-state index contributed by atoms with van der Waals surface area (Å²) in [6.07, 6.45) is 11.8. The monoisotopic (exact) mass is 504 g/mol. The maximum atomic E-state index is 6.06. The van der Waals surface area contributed by atoms with Crippen LogP contribution in [0, 0.1) is 0 Å². The summed E-state index contributed by atoms with van der Waals surface area (Å²) in [6, 6.07) is 28.2. The van der Waals surface area contributed by atoms with E-state index in [0.717, 1.165) is 35.7 Å². The van der Waals surface area contributed by atoms with Crippen LogP contribution in [0.3, 0.4) is 0 Å². The molecule has 36 heavy (non-hydrogen) atoms. The Morgan fingerprint density at radius 2 is 1.36 bits per heavy atom. The minimum absolute atomic E-state index is 0. The van der Waals surface area contributed by atoms with Crippen LogP contribution in [0.1, 0.15) is 64.7 Å². The zero-order chi connectivity index (χ0) is 24.1. The molecule has 0 fully saturated rings. The van der Waals surface area contributed by atoms with Crippen LogP contribution in [0.5, 0.6) is 5.75 Å². The van der Waals surface area contributed by atoms with Gasteiger partial charge in [0.25, 0.3) is 0 Å². The van der Waals surface area contributed by atoms with Crippen LogP contribution in [0.4, 0.5) is 0 Å². The van der Waals surface area contributed by atoms with Gasteiger partial charge in [0, 0.05) is 4.80 Å². The molecular weight excluding hydrogens is 468 g/mol. The molecule has 0 aliphatic heterocycles. The molecule has 190 valence electrons. The number of aromatic nitrogens is 4. The van der Waals surface area contributed by atoms with E-state index >= 15 is 0 Å². The van der Waals surface area contributed by atoms with E-state index in [-0.39, 0.29) is 12.4 Å². The fraction of sp³-hybridized carbons (Fsp3) is 0.367. The Balaban J connectivity index is 0.00000361. The van der Waals surface area contributed by atoms with Crippen LogP contribution in [-0.4, -0.2) is 21.6 Å². The van der Waals surface area contributed by atoms with Crippen LogP contribution in [0.15, 0.2) is 84.9 Å². The molecule has 4 rings (SSSR count). The third-order valence-electron chi connectivity index (χ3n) is 6.14. The first kappa shape index (κ1) is 27.4. The lowest BCUT2D eigenvalue weighted by atomic mass is 10.1. The Morgan fingerprint density at radius 3 is 2.06 bits per heavy atom. The Bertz CT molecular complexity index is 1090. The molecule has 0 aliphatic rings. The van der Waals surface area contributed by atoms with Gasteiger partial charge in [-0.3, -0.25) is 0 Å². The highest BCUT2D eigenvalue weighted by Gasteiger charge is 2.23. The van der Waals surface area contributed by atoms with E-state index in [4.69, 9.17) is 14.9 Å². The Labute approximate surface area is 221 Å². The number of rotatable bonds is 14. The maximum Gasteiger partial charge on any atom is 0.340 e. The molecule has 0 saturated heterocycles. The maximum absolute atomic E-state index is 6.06. The third-order valence-corrected chi connectivity index (χ3v) is 6.14. The van der Waals surface area contributed by atoms with Gasteiger partial charge in [-0.2, -0.15) is 0 Å². The highest BCUT2D eigenvalue weighted by Crippen LogP contribution is 2.21. The first-order valence-electron chi connectivity index (χ1n) is 13.1. The summed E-state index contributed by atoms with van der Waals surface area (Å²) in [5, 5.41) is 9.68. The number of unbranched alkanes of at least 4 members (excludes halogenated alkanes) is 8. The average molecular weight is 505 g/mol. The number of para-hydroxylation sites is 2. The third kappa shape index (κ3) is 7.92. The molecule has 6 heteroatoms. The van der Waals surface area contributed by atoms with Crippen molar-refractivity contribution >= 4 is 0 Å². The summed E-state index contributed by atoms with van der Waals surface area (Å²) in [7, 11) is 0. The van der Waals surface area contributed by atoms with Crippen molar-refractivity contribution in [3.63, 3.8) is 0 Å². The molecule has 0 aliphatic carbocycles. The van der Waals surface area contributed by atoms with E-state index in [2.05, 4.69) is 6.92 Å². The molecule has 4 aromatic rings. The summed E-state index contributed by atoms with van der Waals surface area (Å²) >= 11 is 0. The van der Waals surface area contributed by atoms with Crippen LogP contribution in [-0.2, 0) is 0 Å². The molecule has 0 atom stereocenters. The fourth-order valence-corrected chi connectivity index (χ4v) is 4.18. The largest absolute Gasteiger partial charge is 1.00 e. The van der Waals surface area contributed by atoms with Crippen molar-refractivity contribution in [2.45, 2.75) is 64.7 Å². The van der Waals surface area contributed by atoms with Crippen LogP contribution in [0.2, 0.25) is 0 Å². The second-order valence-corrected chi connectivity index (χ2v) is 8.98. The first-order chi connectivity index (χ1) is 17.3. The van der Waals surface area contributed by atoms with E-state index in [1.54, 1.807) is 0 Å². The fourth-order valence-electron chi connectivity index (χ4n) is 4.18. The number of benzene rings is 3. The number of halogens is 1. The van der Waals surface area contributed by atoms with E-state index in [1.165, 1.54) is 51.4 Å². The van der Waals surface area contributed by atoms with Gasteiger partial charge in [-0.15, -0.1) is 0 Å². The number of tetrazole rings is 1. The number of ether oxygens (including phenoxy) is 1. The topological polar surface area (TPSA) is 43.8 Å². The van der Waals surface area contributed by atoms with Crippen molar-refractivity contribution in [2.24, 2.45) is 0 Å². The van der Waals surface area contributed by atoms with Crippen LogP contribution >= 0.6 is 0 Å². The van der Waals surface area contributed by atoms with Gasteiger partial charge in [0.05, 0.1) is 17.3 Å². The predicted octanol–water partition coefficient (Wildman–Crippen LogP) is 4.12. The van der Waals surface area contributed by atoms with Crippen molar-refractivity contribution in [1.29, 1.82) is 0 Å². The first-order valence-corrected chi connectivity index (χ1v) is 13.1. The number of hydrogen-bond acceptors (Lipinski definition) is 3. The molecule has 3 aromatic carbocycles. The quantitative estimate of drug-likeness (QED) is 0.192. The molecule has 0 amide bonds. The van der Waals surface area contributed by atoms with Gasteiger partial charge in [0.15, 0.2) is 5.69 Å². The zero-order valence-electron chi connectivity index (χ0n) is 21.2. The van der Waals surface area contributed by atoms with Gasteiger partial charge < -0.3 is 17.1 Å². The second kappa shape index (κ2) is 15.0. The SMILES string of the molecule is CCCCCCCCCCCOc1cccc(-c2nn(-c3ccccc3)[n+](-c3ccccc3)n2)c1.[Cl-]. The average Bonchev–Trinajstić information content (AvgIpc) is 3.37. The summed E-state index contributed by atoms with van der Waals surface area (Å²) in [4.78, 5) is 3.67. The molecule has 0 N–H and O–H groups in total. The minimum Gasteiger partial charge on any atom is -1.00 e. The summed E-state index contributed by atoms with van der Waals surface area (Å²) < 4.78 is 6.06. The van der Waals surface area contributed by atoms with E-state index in [0.29, 0.717) is 5.82 Å². The standard InChI is InChI=1S/C30H37N4O.ClH/c1-2-3-4-5-6-7-8-9-16-24-35-29-23-17-18-26(25-29)30-31-33(27-19-12-10-13-20-27)34(32-30)28-21-14-11-15-22-28;/h10-15,17-23,25H,2-9,16,24H2,1H3;1H/q+1;/p-1. The highest BCUT2D eigenvalue weighted by atomic mass is 35.5. The lowest BCUT2D eigenvalue weighted by Gasteiger charge is -2.06. The lowest BCUT2D eigenvalue weighted by molar-refractivity contribution is -0.734. The highest BCUT2D eigenvalue weighted by molar-refractivity contribution is 5.56. The van der Waals surface area contributed by atoms with Crippen molar-refractivity contribution in [2.75, 3.05) is 6.61 Å². The molecule has 0 bridgehead atoms. The van der Waals surface area contributed by atoms with Gasteiger partial charge in [0.1, 0.15) is 11.4 Å². The van der Waals surface area contributed by atoms with Gasteiger partial charge in [-0.25, -0.2) is 0 Å². The molecule has 0 spiro atoms. The Kier molecular flexibility index (Phi) is 11.5. The normalized spacial score (nSPS) is 10.7. The number of hydrogen-bond donors (Lipinski definition) is 0. The second-order valence-electron chi connectivity index (χ2n) is 8.98. The van der Waals surface area contributed by atoms with E-state index < -0.39 is 0 Å². The summed E-state index contributed by atoms with van der Waals surface area (Å²) in [5.74, 6) is 1.52. The van der Waals surface area contributed by atoms with Crippen molar-refractivity contribution < 1.29 is 21.9 Å². The predicted molar refractivity (Wildman–Crippen MR) is 141 cm³/mol. The van der Waals surface area contributed by atoms with Crippen LogP contribution in [0.25, 0.3) is 22.8 Å². The van der Waals surface area contributed by atoms with Crippen molar-refractivity contribution in [1.82, 2.24) is 15.0 Å². The Morgan fingerprint density at radius 1 is 0.722 bits per heavy atom. The smallest absolute Gasteiger partial charge is 0.340 e. The molecule has 1 heterocycles. The molecule has 0 saturated carbocycles. The van der Waals surface area contributed by atoms with Crippen LogP contribution < -0.4 is 21.9 Å². The zero-order valence-corrected chi connectivity index (χ0v) is 22.0. The van der Waals surface area contributed by atoms with Crippen molar-refractivity contribution in [3.05, 3.63) is 84.9 Å². The summed E-state index contributed by atoms with van der Waals surface area (Å²) in [5.41, 5.74) is 2.84. The molecule has 0 radical (unpaired) electrons. The van der Waals surface area contributed by atoms with E-state index in [1.807, 2.05) is 94.5 Å². The minimum atomic E-state index is 0. The molecule has 1 aromatic heterocycles. The van der Waals surface area contributed by atoms with Gasteiger partial charge >= 0.3 is 5.82 Å². The van der Waals surface area contributed by atoms with E-state index in [9.17, 15) is 0 Å². The summed E-state index contributed by atoms with van der Waals surface area (Å²) in [6.45, 7) is 3.01. The van der Waals surface area contributed by atoms with Gasteiger partial charge in [-0.05, 0) is 58.8 Å². The van der Waals surface area contributed by atoms with Gasteiger partial charge in [-0.1, -0.05) is 101 Å². The van der Waals surface area contributed by atoms with Crippen molar-refractivity contribution in [3.8, 4) is 28.5 Å². The molecule has 0 unspecified atom stereocenters. The Hall–Kier alpha value is -3.18. The van der Waals surface area contributed by atoms with Gasteiger partial charge in [0.2, 0.25) is 0 Å². The molecule has 5 nitrogen and oxygen atoms in total. The lowest BCUT2D eigenvalue weighted by Crippen LogP contribution is -3.00. The number of nitrogens with zero attached hydrogens (tertiary/aromatic N) is 4. The molecular formula is C30H37ClN4O.